The molecule has 1 aliphatic carbocycles. The van der Waals surface area contributed by atoms with Gasteiger partial charge in [0, 0.05) is 11.6 Å². The van der Waals surface area contributed by atoms with Crippen molar-refractivity contribution in [3.63, 3.8) is 0 Å². The lowest BCUT2D eigenvalue weighted by Crippen LogP contribution is -2.41. The number of ether oxygens (including phenoxy) is 2. The highest BCUT2D eigenvalue weighted by Gasteiger charge is 2.38. The summed E-state index contributed by atoms with van der Waals surface area (Å²) in [5.74, 6) is 8.05. The highest BCUT2D eigenvalue weighted by Crippen LogP contribution is 2.48. The van der Waals surface area contributed by atoms with Gasteiger partial charge in [0.25, 0.3) is 0 Å². The molecule has 0 saturated heterocycles. The van der Waals surface area contributed by atoms with Crippen molar-refractivity contribution in [2.24, 2.45) is 17.2 Å². The van der Waals surface area contributed by atoms with Crippen LogP contribution in [0.4, 0.5) is 0 Å². The monoisotopic (exact) mass is 292 g/mol. The van der Waals surface area contributed by atoms with Crippen molar-refractivity contribution in [2.75, 3.05) is 14.2 Å². The van der Waals surface area contributed by atoms with E-state index in [0.717, 1.165) is 17.1 Å². The third-order valence-electron chi connectivity index (χ3n) is 4.95. The maximum Gasteiger partial charge on any atom is 0.127 e. The highest BCUT2D eigenvalue weighted by atomic mass is 16.5. The summed E-state index contributed by atoms with van der Waals surface area (Å²) in [6.45, 7) is 4.69. The summed E-state index contributed by atoms with van der Waals surface area (Å²) in [6.07, 6.45) is 5.01. The van der Waals surface area contributed by atoms with E-state index in [1.54, 1.807) is 14.2 Å². The number of hydrogen-bond donors (Lipinski definition) is 2. The fraction of sp³-hybridized carbons (Fsp3) is 0.647. The molecule has 0 spiro atoms. The zero-order valence-electron chi connectivity index (χ0n) is 13.6. The maximum absolute atomic E-state index is 5.91. The first-order chi connectivity index (χ1) is 10.0. The lowest BCUT2D eigenvalue weighted by molar-refractivity contribution is 0.0971. The van der Waals surface area contributed by atoms with Crippen LogP contribution >= 0.6 is 0 Å². The first-order valence-corrected chi connectivity index (χ1v) is 7.71. The molecular weight excluding hydrogens is 264 g/mol. The molecule has 1 saturated carbocycles. The van der Waals surface area contributed by atoms with E-state index in [9.17, 15) is 0 Å². The average molecular weight is 292 g/mol. The van der Waals surface area contributed by atoms with Gasteiger partial charge in [-0.05, 0) is 30.2 Å². The molecule has 0 bridgehead atoms. The Morgan fingerprint density at radius 1 is 1.24 bits per heavy atom. The van der Waals surface area contributed by atoms with E-state index in [1.807, 2.05) is 12.1 Å². The second kappa shape index (κ2) is 6.67. The van der Waals surface area contributed by atoms with Gasteiger partial charge in [-0.1, -0.05) is 32.8 Å². The summed E-state index contributed by atoms with van der Waals surface area (Å²) < 4.78 is 10.8. The summed E-state index contributed by atoms with van der Waals surface area (Å²) in [4.78, 5) is 0. The van der Waals surface area contributed by atoms with Crippen LogP contribution in [-0.2, 0) is 0 Å². The third-order valence-corrected chi connectivity index (χ3v) is 4.95. The number of rotatable bonds is 5. The van der Waals surface area contributed by atoms with Gasteiger partial charge in [-0.2, -0.15) is 0 Å². The molecule has 0 radical (unpaired) electrons. The summed E-state index contributed by atoms with van der Waals surface area (Å²) >= 11 is 0. The molecule has 2 rings (SSSR count). The highest BCUT2D eigenvalue weighted by molar-refractivity contribution is 5.43. The number of methoxy groups -OCH3 is 2. The molecule has 1 fully saturated rings. The molecule has 1 aliphatic rings. The van der Waals surface area contributed by atoms with E-state index in [4.69, 9.17) is 15.3 Å². The molecule has 118 valence electrons. The van der Waals surface area contributed by atoms with Gasteiger partial charge >= 0.3 is 0 Å². The summed E-state index contributed by atoms with van der Waals surface area (Å²) in [5.41, 5.74) is 4.42. The quantitative estimate of drug-likeness (QED) is 0.645. The molecule has 1 aromatic rings. The molecule has 0 heterocycles. The molecule has 4 heteroatoms. The second-order valence-corrected chi connectivity index (χ2v) is 6.59. The van der Waals surface area contributed by atoms with Crippen LogP contribution in [-0.4, -0.2) is 14.2 Å². The molecule has 1 aromatic carbocycles. The van der Waals surface area contributed by atoms with Crippen LogP contribution in [0, 0.1) is 11.3 Å². The van der Waals surface area contributed by atoms with Crippen LogP contribution in [0.15, 0.2) is 18.2 Å². The molecule has 2 atom stereocenters. The summed E-state index contributed by atoms with van der Waals surface area (Å²) in [7, 11) is 3.36. The Hall–Kier alpha value is -1.26. The third kappa shape index (κ3) is 3.33. The Morgan fingerprint density at radius 3 is 2.57 bits per heavy atom. The molecule has 0 aromatic heterocycles. The largest absolute Gasteiger partial charge is 0.497 e. The van der Waals surface area contributed by atoms with Crippen molar-refractivity contribution in [1.82, 2.24) is 5.43 Å². The predicted octanol–water partition coefficient (Wildman–Crippen LogP) is 3.42. The van der Waals surface area contributed by atoms with Crippen LogP contribution in [0.2, 0.25) is 0 Å². The van der Waals surface area contributed by atoms with Crippen LogP contribution in [0.5, 0.6) is 11.5 Å². The van der Waals surface area contributed by atoms with Crippen LogP contribution in [0.25, 0.3) is 0 Å². The fourth-order valence-corrected chi connectivity index (χ4v) is 3.64. The minimum Gasteiger partial charge on any atom is -0.497 e. The van der Waals surface area contributed by atoms with Crippen molar-refractivity contribution in [1.29, 1.82) is 0 Å². The zero-order valence-corrected chi connectivity index (χ0v) is 13.6. The Balaban J connectivity index is 2.36. The zero-order chi connectivity index (χ0) is 15.5. The van der Waals surface area contributed by atoms with Gasteiger partial charge < -0.3 is 9.47 Å². The van der Waals surface area contributed by atoms with Gasteiger partial charge in [-0.3, -0.25) is 11.3 Å². The predicted molar refractivity (Wildman–Crippen MR) is 85.3 cm³/mol. The van der Waals surface area contributed by atoms with Crippen molar-refractivity contribution in [3.8, 4) is 11.5 Å². The average Bonchev–Trinajstić information content (AvgIpc) is 2.49. The summed E-state index contributed by atoms with van der Waals surface area (Å²) in [6, 6.07) is 6.06. The van der Waals surface area contributed by atoms with Crippen LogP contribution in [0.3, 0.4) is 0 Å². The Labute approximate surface area is 128 Å². The van der Waals surface area contributed by atoms with E-state index >= 15 is 0 Å². The van der Waals surface area contributed by atoms with Crippen molar-refractivity contribution in [2.45, 2.75) is 45.6 Å². The van der Waals surface area contributed by atoms with E-state index in [-0.39, 0.29) is 11.5 Å². The molecule has 4 nitrogen and oxygen atoms in total. The first kappa shape index (κ1) is 16.1. The smallest absolute Gasteiger partial charge is 0.127 e. The molecule has 21 heavy (non-hydrogen) atoms. The molecular formula is C17H28N2O2. The number of nitrogens with two attached hydrogens (primary N) is 1. The molecule has 0 amide bonds. The van der Waals surface area contributed by atoms with Crippen molar-refractivity contribution >= 4 is 0 Å². The number of hydrazine groups is 1. The minimum absolute atomic E-state index is 0.0983. The lowest BCUT2D eigenvalue weighted by Gasteiger charge is -2.43. The number of hydrogen-bond acceptors (Lipinski definition) is 4. The second-order valence-electron chi connectivity index (χ2n) is 6.59. The Kier molecular flexibility index (Phi) is 5.12. The maximum atomic E-state index is 5.91. The first-order valence-electron chi connectivity index (χ1n) is 7.71. The lowest BCUT2D eigenvalue weighted by atomic mass is 9.65. The van der Waals surface area contributed by atoms with E-state index in [0.29, 0.717) is 5.92 Å². The van der Waals surface area contributed by atoms with Gasteiger partial charge in [0.1, 0.15) is 11.5 Å². The minimum atomic E-state index is 0.0983. The van der Waals surface area contributed by atoms with Crippen LogP contribution < -0.4 is 20.7 Å². The summed E-state index contributed by atoms with van der Waals surface area (Å²) in [5, 5.41) is 0. The van der Waals surface area contributed by atoms with Gasteiger partial charge in [0.2, 0.25) is 0 Å². The van der Waals surface area contributed by atoms with Gasteiger partial charge in [0.05, 0.1) is 20.3 Å². The SMILES string of the molecule is COc1ccc(C(NN)C2CCCCC2(C)C)c(OC)c1. The van der Waals surface area contributed by atoms with Crippen LogP contribution in [0.1, 0.15) is 51.1 Å². The molecule has 0 aliphatic heterocycles. The topological polar surface area (TPSA) is 56.5 Å². The molecule has 3 N–H and O–H groups in total. The van der Waals surface area contributed by atoms with Crippen molar-refractivity contribution in [3.05, 3.63) is 23.8 Å². The van der Waals surface area contributed by atoms with Gasteiger partial charge in [-0.15, -0.1) is 0 Å². The Morgan fingerprint density at radius 2 is 2.00 bits per heavy atom. The van der Waals surface area contributed by atoms with E-state index in [1.165, 1.54) is 25.7 Å². The standard InChI is InChI=1S/C17H28N2O2/c1-17(2)10-6-5-7-14(17)16(19-18)13-9-8-12(20-3)11-15(13)21-4/h8-9,11,14,16,19H,5-7,10,18H2,1-4H3. The van der Waals surface area contributed by atoms with Gasteiger partial charge in [0.15, 0.2) is 0 Å². The van der Waals surface area contributed by atoms with E-state index < -0.39 is 0 Å². The van der Waals surface area contributed by atoms with E-state index in [2.05, 4.69) is 25.3 Å². The number of benzene rings is 1. The Bertz CT molecular complexity index is 474. The normalized spacial score (nSPS) is 22.6. The fourth-order valence-electron chi connectivity index (χ4n) is 3.64. The molecule has 2 unspecified atom stereocenters. The number of nitrogens with one attached hydrogen (secondary N) is 1. The van der Waals surface area contributed by atoms with Crippen molar-refractivity contribution < 1.29 is 9.47 Å². The van der Waals surface area contributed by atoms with Gasteiger partial charge in [-0.25, -0.2) is 0 Å².